The lowest BCUT2D eigenvalue weighted by molar-refractivity contribution is -0.122. The van der Waals surface area contributed by atoms with Gasteiger partial charge in [-0.25, -0.2) is 4.98 Å². The van der Waals surface area contributed by atoms with Gasteiger partial charge in [0, 0.05) is 31.1 Å². The largest absolute Gasteiger partial charge is 0.350 e. The summed E-state index contributed by atoms with van der Waals surface area (Å²) < 4.78 is 1.97. The number of carbonyl (C=O) groups excluding carboxylic acids is 2. The van der Waals surface area contributed by atoms with E-state index in [-0.39, 0.29) is 17.9 Å². The summed E-state index contributed by atoms with van der Waals surface area (Å²) in [5.74, 6) is -0.00616. The number of amides is 2. The molecule has 26 heavy (non-hydrogen) atoms. The monoisotopic (exact) mass is 376 g/mol. The maximum Gasteiger partial charge on any atom is 0.243 e. The molecule has 2 aromatic rings. The van der Waals surface area contributed by atoms with E-state index < -0.39 is 0 Å². The van der Waals surface area contributed by atoms with E-state index in [0.29, 0.717) is 24.6 Å². The van der Waals surface area contributed by atoms with Crippen LogP contribution >= 0.6 is 11.3 Å². The van der Waals surface area contributed by atoms with Crippen molar-refractivity contribution in [2.75, 3.05) is 11.9 Å². The van der Waals surface area contributed by atoms with E-state index in [4.69, 9.17) is 0 Å². The number of thiazole rings is 1. The lowest BCUT2D eigenvalue weighted by Gasteiger charge is -2.33. The number of rotatable bonds is 7. The Bertz CT molecular complexity index is 757. The van der Waals surface area contributed by atoms with Gasteiger partial charge in [0.2, 0.25) is 11.8 Å². The van der Waals surface area contributed by atoms with Crippen LogP contribution in [0, 0.1) is 0 Å². The third-order valence-electron chi connectivity index (χ3n) is 4.46. The minimum absolute atomic E-state index is 0.0162. The highest BCUT2D eigenvalue weighted by molar-refractivity contribution is 7.13. The molecule has 0 unspecified atom stereocenters. The van der Waals surface area contributed by atoms with Crippen molar-refractivity contribution in [3.05, 3.63) is 29.0 Å². The third kappa shape index (κ3) is 4.28. The predicted octanol–water partition coefficient (Wildman–Crippen LogP) is 1.60. The molecule has 2 aromatic heterocycles. The summed E-state index contributed by atoms with van der Waals surface area (Å²) in [6.45, 7) is 6.45. The number of nitrogens with one attached hydrogen (secondary N) is 2. The quantitative estimate of drug-likeness (QED) is 0.766. The smallest absolute Gasteiger partial charge is 0.243 e. The summed E-state index contributed by atoms with van der Waals surface area (Å²) in [6, 6.07) is 1.80. The van der Waals surface area contributed by atoms with Crippen LogP contribution in [0.5, 0.6) is 0 Å². The Kier molecular flexibility index (Phi) is 6.00. The van der Waals surface area contributed by atoms with Crippen LogP contribution in [-0.4, -0.2) is 44.1 Å². The van der Waals surface area contributed by atoms with Gasteiger partial charge in [-0.1, -0.05) is 13.8 Å². The predicted molar refractivity (Wildman–Crippen MR) is 99.6 cm³/mol. The lowest BCUT2D eigenvalue weighted by Crippen LogP contribution is -2.47. The van der Waals surface area contributed by atoms with Crippen molar-refractivity contribution >= 4 is 28.3 Å². The highest BCUT2D eigenvalue weighted by Crippen LogP contribution is 2.19. The van der Waals surface area contributed by atoms with Crippen LogP contribution in [0.4, 0.5) is 5.13 Å². The Labute approximate surface area is 156 Å². The average Bonchev–Trinajstić information content (AvgIpc) is 3.29. The Balaban J connectivity index is 1.63. The van der Waals surface area contributed by atoms with Gasteiger partial charge in [0.25, 0.3) is 0 Å². The zero-order chi connectivity index (χ0) is 18.5. The van der Waals surface area contributed by atoms with E-state index in [2.05, 4.69) is 25.6 Å². The van der Waals surface area contributed by atoms with Gasteiger partial charge in [-0.05, 0) is 12.5 Å². The molecule has 0 aliphatic carbocycles. The molecular weight excluding hydrogens is 352 g/mol. The first-order valence-electron chi connectivity index (χ1n) is 8.87. The number of fused-ring (bicyclic) bond motifs is 1. The van der Waals surface area contributed by atoms with Crippen LogP contribution in [0.15, 0.2) is 17.6 Å². The number of anilines is 1. The third-order valence-corrected chi connectivity index (χ3v) is 5.15. The summed E-state index contributed by atoms with van der Waals surface area (Å²) >= 11 is 1.42. The molecule has 8 nitrogen and oxygen atoms in total. The Morgan fingerprint density at radius 2 is 2.19 bits per heavy atom. The van der Waals surface area contributed by atoms with Gasteiger partial charge >= 0.3 is 0 Å². The molecule has 3 heterocycles. The summed E-state index contributed by atoms with van der Waals surface area (Å²) in [7, 11) is 0. The maximum atomic E-state index is 12.6. The van der Waals surface area contributed by atoms with E-state index in [0.717, 1.165) is 30.9 Å². The van der Waals surface area contributed by atoms with E-state index in [1.165, 1.54) is 11.3 Å². The fourth-order valence-electron chi connectivity index (χ4n) is 3.10. The minimum atomic E-state index is -0.203. The molecule has 1 aliphatic rings. The minimum Gasteiger partial charge on any atom is -0.350 e. The van der Waals surface area contributed by atoms with E-state index in [9.17, 15) is 9.59 Å². The molecule has 0 saturated heterocycles. The SMILES string of the molecule is CCC(=O)NCc1cc2n(n1)CCN([C@@H](CC)C(=O)Nc1nccs1)C2. The summed E-state index contributed by atoms with van der Waals surface area (Å²) in [4.78, 5) is 30.3. The molecule has 0 saturated carbocycles. The van der Waals surface area contributed by atoms with Gasteiger partial charge in [-0.3, -0.25) is 19.2 Å². The van der Waals surface area contributed by atoms with Gasteiger partial charge in [0.05, 0.1) is 30.5 Å². The molecule has 0 aromatic carbocycles. The number of hydrogen-bond acceptors (Lipinski definition) is 6. The number of carbonyl (C=O) groups is 2. The lowest BCUT2D eigenvalue weighted by atomic mass is 10.1. The second-order valence-corrected chi connectivity index (χ2v) is 7.10. The van der Waals surface area contributed by atoms with Gasteiger partial charge in [-0.2, -0.15) is 5.10 Å². The van der Waals surface area contributed by atoms with Crippen LogP contribution in [0.3, 0.4) is 0 Å². The van der Waals surface area contributed by atoms with Crippen LogP contribution in [0.25, 0.3) is 0 Å². The Morgan fingerprint density at radius 3 is 2.88 bits per heavy atom. The molecule has 140 valence electrons. The van der Waals surface area contributed by atoms with Crippen molar-refractivity contribution < 1.29 is 9.59 Å². The van der Waals surface area contributed by atoms with Gasteiger partial charge in [0.15, 0.2) is 5.13 Å². The summed E-state index contributed by atoms with van der Waals surface area (Å²) in [6.07, 6.45) is 2.87. The molecule has 0 radical (unpaired) electrons. The van der Waals surface area contributed by atoms with Crippen molar-refractivity contribution in [1.82, 2.24) is 25.0 Å². The zero-order valence-corrected chi connectivity index (χ0v) is 15.9. The van der Waals surface area contributed by atoms with Crippen LogP contribution in [-0.2, 0) is 29.2 Å². The topological polar surface area (TPSA) is 92.2 Å². The van der Waals surface area contributed by atoms with E-state index >= 15 is 0 Å². The van der Waals surface area contributed by atoms with Gasteiger partial charge < -0.3 is 10.6 Å². The molecule has 2 amide bonds. The molecular formula is C17H24N6O2S. The van der Waals surface area contributed by atoms with Crippen molar-refractivity contribution in [3.8, 4) is 0 Å². The second-order valence-electron chi connectivity index (χ2n) is 6.20. The first-order valence-corrected chi connectivity index (χ1v) is 9.75. The van der Waals surface area contributed by atoms with Crippen LogP contribution in [0.2, 0.25) is 0 Å². The molecule has 2 N–H and O–H groups in total. The van der Waals surface area contributed by atoms with Crippen LogP contribution in [0.1, 0.15) is 38.1 Å². The van der Waals surface area contributed by atoms with Crippen molar-refractivity contribution in [1.29, 1.82) is 0 Å². The summed E-state index contributed by atoms with van der Waals surface area (Å²) in [5.41, 5.74) is 1.92. The molecule has 9 heteroatoms. The second kappa shape index (κ2) is 8.41. The number of aromatic nitrogens is 3. The standard InChI is InChI=1S/C17H24N6O2S/c1-3-14(16(25)20-17-18-5-8-26-17)22-6-7-23-13(11-22)9-12(21-23)10-19-15(24)4-2/h5,8-9,14H,3-4,6-7,10-11H2,1-2H3,(H,19,24)(H,18,20,25)/t14-/m0/s1. The molecule has 0 fully saturated rings. The van der Waals surface area contributed by atoms with Crippen LogP contribution < -0.4 is 10.6 Å². The number of hydrogen-bond donors (Lipinski definition) is 2. The first-order chi connectivity index (χ1) is 12.6. The van der Waals surface area contributed by atoms with Crippen molar-refractivity contribution in [2.45, 2.75) is 52.4 Å². The van der Waals surface area contributed by atoms with E-state index in [1.54, 1.807) is 6.20 Å². The Morgan fingerprint density at radius 1 is 1.35 bits per heavy atom. The molecule has 0 bridgehead atoms. The van der Waals surface area contributed by atoms with E-state index in [1.807, 2.05) is 30.0 Å². The fourth-order valence-corrected chi connectivity index (χ4v) is 3.63. The molecule has 1 aliphatic heterocycles. The first kappa shape index (κ1) is 18.5. The average molecular weight is 376 g/mol. The van der Waals surface area contributed by atoms with Crippen molar-refractivity contribution in [2.24, 2.45) is 0 Å². The highest BCUT2D eigenvalue weighted by atomic mass is 32.1. The fraction of sp³-hybridized carbons (Fsp3) is 0.529. The van der Waals surface area contributed by atoms with Crippen molar-refractivity contribution in [3.63, 3.8) is 0 Å². The van der Waals surface area contributed by atoms with Gasteiger partial charge in [0.1, 0.15) is 0 Å². The normalized spacial score (nSPS) is 15.3. The number of nitrogens with zero attached hydrogens (tertiary/aromatic N) is 4. The zero-order valence-electron chi connectivity index (χ0n) is 15.1. The molecule has 0 spiro atoms. The molecule has 1 atom stereocenters. The Hall–Kier alpha value is -2.26. The molecule has 3 rings (SSSR count). The summed E-state index contributed by atoms with van der Waals surface area (Å²) in [5, 5.41) is 12.8. The maximum absolute atomic E-state index is 12.6. The van der Waals surface area contributed by atoms with Gasteiger partial charge in [-0.15, -0.1) is 11.3 Å². The highest BCUT2D eigenvalue weighted by Gasteiger charge is 2.29.